The number of nitrogens with zero attached hydrogens (tertiary/aromatic N) is 2. The van der Waals surface area contributed by atoms with Gasteiger partial charge in [-0.2, -0.15) is 5.26 Å². The van der Waals surface area contributed by atoms with E-state index in [0.29, 0.717) is 6.42 Å². The number of para-hydroxylation sites is 1. The Balaban J connectivity index is 2.01. The summed E-state index contributed by atoms with van der Waals surface area (Å²) in [5, 5.41) is 9.03. The van der Waals surface area contributed by atoms with Crippen LogP contribution >= 0.6 is 0 Å². The van der Waals surface area contributed by atoms with E-state index in [1.165, 1.54) is 7.11 Å². The number of esters is 1. The summed E-state index contributed by atoms with van der Waals surface area (Å²) in [5.74, 6) is -0.207. The van der Waals surface area contributed by atoms with E-state index in [2.05, 4.69) is 16.0 Å². The quantitative estimate of drug-likeness (QED) is 0.732. The number of imidazole rings is 1. The number of hydrogen-bond acceptors (Lipinski definition) is 4. The zero-order valence-corrected chi connectivity index (χ0v) is 13.3. The maximum Gasteiger partial charge on any atom is 0.314 e. The monoisotopic (exact) mass is 319 g/mol. The molecule has 0 bridgehead atoms. The van der Waals surface area contributed by atoms with Gasteiger partial charge >= 0.3 is 5.97 Å². The van der Waals surface area contributed by atoms with Gasteiger partial charge in [-0.05, 0) is 17.2 Å². The van der Waals surface area contributed by atoms with E-state index in [0.717, 1.165) is 28.0 Å². The van der Waals surface area contributed by atoms with Crippen LogP contribution in [0, 0.1) is 11.3 Å². The number of fused-ring (bicyclic) bond motifs is 1. The number of carbonyl (C=O) groups is 1. The Morgan fingerprint density at radius 3 is 2.75 bits per heavy atom. The third-order valence-electron chi connectivity index (χ3n) is 3.97. The molecule has 0 fully saturated rings. The molecule has 0 amide bonds. The number of rotatable bonds is 5. The molecule has 5 heteroatoms. The summed E-state index contributed by atoms with van der Waals surface area (Å²) in [7, 11) is 1.33. The Kier molecular flexibility index (Phi) is 4.57. The van der Waals surface area contributed by atoms with Gasteiger partial charge < -0.3 is 9.72 Å². The van der Waals surface area contributed by atoms with Crippen molar-refractivity contribution in [2.24, 2.45) is 0 Å². The van der Waals surface area contributed by atoms with Crippen molar-refractivity contribution in [1.29, 1.82) is 5.26 Å². The molecule has 0 aliphatic heterocycles. The van der Waals surface area contributed by atoms with E-state index < -0.39 is 11.9 Å². The van der Waals surface area contributed by atoms with Gasteiger partial charge in [-0.3, -0.25) is 4.79 Å². The zero-order valence-electron chi connectivity index (χ0n) is 13.3. The van der Waals surface area contributed by atoms with Crippen LogP contribution in [-0.4, -0.2) is 23.0 Å². The van der Waals surface area contributed by atoms with E-state index >= 15 is 0 Å². The Hall–Kier alpha value is -3.13. The van der Waals surface area contributed by atoms with E-state index in [-0.39, 0.29) is 6.42 Å². The second-order valence-electron chi connectivity index (χ2n) is 5.53. The number of carbonyl (C=O) groups excluding carboxylic acids is 1. The van der Waals surface area contributed by atoms with Crippen molar-refractivity contribution >= 4 is 17.0 Å². The second-order valence-corrected chi connectivity index (χ2v) is 5.53. The lowest BCUT2D eigenvalue weighted by atomic mass is 9.95. The first-order valence-electron chi connectivity index (χ1n) is 7.69. The first kappa shape index (κ1) is 15.8. The summed E-state index contributed by atoms with van der Waals surface area (Å²) in [6.45, 7) is 0. The van der Waals surface area contributed by atoms with Gasteiger partial charge in [0, 0.05) is 6.42 Å². The molecule has 3 rings (SSSR count). The number of H-pyrrole nitrogens is 1. The van der Waals surface area contributed by atoms with Crippen LogP contribution in [0.3, 0.4) is 0 Å². The molecule has 5 nitrogen and oxygen atoms in total. The summed E-state index contributed by atoms with van der Waals surface area (Å²) in [5.41, 5.74) is 3.46. The summed E-state index contributed by atoms with van der Waals surface area (Å²) >= 11 is 0. The highest BCUT2D eigenvalue weighted by Gasteiger charge is 2.24. The van der Waals surface area contributed by atoms with Gasteiger partial charge in [-0.1, -0.05) is 42.5 Å². The van der Waals surface area contributed by atoms with Crippen LogP contribution in [0.5, 0.6) is 0 Å². The fraction of sp³-hybridized carbons (Fsp3) is 0.211. The van der Waals surface area contributed by atoms with Crippen LogP contribution in [-0.2, 0) is 16.0 Å². The average molecular weight is 319 g/mol. The van der Waals surface area contributed by atoms with Crippen molar-refractivity contribution in [3.8, 4) is 6.07 Å². The maximum atomic E-state index is 12.0. The van der Waals surface area contributed by atoms with E-state index in [4.69, 9.17) is 10.00 Å². The minimum Gasteiger partial charge on any atom is -0.469 e. The lowest BCUT2D eigenvalue weighted by Crippen LogP contribution is -2.14. The summed E-state index contributed by atoms with van der Waals surface area (Å²) in [4.78, 5) is 19.9. The molecule has 0 spiro atoms. The smallest absolute Gasteiger partial charge is 0.314 e. The molecule has 0 aliphatic rings. The van der Waals surface area contributed by atoms with Crippen molar-refractivity contribution in [3.63, 3.8) is 0 Å². The number of ether oxygens (including phenoxy) is 1. The zero-order chi connectivity index (χ0) is 16.9. The maximum absolute atomic E-state index is 12.0. The second kappa shape index (κ2) is 6.97. The van der Waals surface area contributed by atoms with Crippen LogP contribution in [0.4, 0.5) is 0 Å². The molecule has 1 heterocycles. The average Bonchev–Trinajstić information content (AvgIpc) is 3.02. The fourth-order valence-electron chi connectivity index (χ4n) is 2.82. The first-order chi connectivity index (χ1) is 11.7. The predicted octanol–water partition coefficient (Wildman–Crippen LogP) is 3.32. The molecule has 1 unspecified atom stereocenters. The van der Waals surface area contributed by atoms with Crippen molar-refractivity contribution in [3.05, 3.63) is 65.5 Å². The summed E-state index contributed by atoms with van der Waals surface area (Å²) < 4.78 is 4.85. The molecule has 3 aromatic rings. The highest BCUT2D eigenvalue weighted by atomic mass is 16.5. The molecule has 0 saturated carbocycles. The minimum absolute atomic E-state index is 0.0683. The standard InChI is InChI=1S/C19H17N3O2/c1-24-19(23)15(10-11-20)14-8-5-9-16-18(14)22-17(21-16)12-13-6-3-2-4-7-13/h2-9,15H,10,12H2,1H3,(H,21,22). The van der Waals surface area contributed by atoms with Crippen LogP contribution in [0.25, 0.3) is 11.0 Å². The number of nitrogens with one attached hydrogen (secondary N) is 1. The molecule has 0 radical (unpaired) electrons. The molecule has 1 N–H and O–H groups in total. The predicted molar refractivity (Wildman–Crippen MR) is 90.3 cm³/mol. The molecule has 1 atom stereocenters. The number of nitriles is 1. The van der Waals surface area contributed by atoms with E-state index in [1.807, 2.05) is 48.5 Å². The van der Waals surface area contributed by atoms with E-state index in [1.54, 1.807) is 0 Å². The normalized spacial score (nSPS) is 11.8. The van der Waals surface area contributed by atoms with Gasteiger partial charge in [0.05, 0.1) is 36.6 Å². The van der Waals surface area contributed by atoms with Crippen LogP contribution < -0.4 is 0 Å². The molecule has 0 aliphatic carbocycles. The highest BCUT2D eigenvalue weighted by molar-refractivity contribution is 5.87. The van der Waals surface area contributed by atoms with Crippen LogP contribution in [0.2, 0.25) is 0 Å². The molecular weight excluding hydrogens is 302 g/mol. The van der Waals surface area contributed by atoms with Gasteiger partial charge in [0.25, 0.3) is 0 Å². The molecule has 120 valence electrons. The number of aromatic nitrogens is 2. The number of methoxy groups -OCH3 is 1. The fourth-order valence-corrected chi connectivity index (χ4v) is 2.82. The lowest BCUT2D eigenvalue weighted by Gasteiger charge is -2.12. The molecule has 0 saturated heterocycles. The number of benzene rings is 2. The van der Waals surface area contributed by atoms with Crippen molar-refractivity contribution < 1.29 is 9.53 Å². The topological polar surface area (TPSA) is 78.8 Å². The Labute approximate surface area is 139 Å². The highest BCUT2D eigenvalue weighted by Crippen LogP contribution is 2.28. The molecule has 2 aromatic carbocycles. The molecular formula is C19H17N3O2. The van der Waals surface area contributed by atoms with Gasteiger partial charge in [0.2, 0.25) is 0 Å². The van der Waals surface area contributed by atoms with Gasteiger partial charge in [0.15, 0.2) is 0 Å². The van der Waals surface area contributed by atoms with Gasteiger partial charge in [0.1, 0.15) is 5.82 Å². The third-order valence-corrected chi connectivity index (χ3v) is 3.97. The van der Waals surface area contributed by atoms with Gasteiger partial charge in [-0.25, -0.2) is 4.98 Å². The van der Waals surface area contributed by atoms with Gasteiger partial charge in [-0.15, -0.1) is 0 Å². The largest absolute Gasteiger partial charge is 0.469 e. The lowest BCUT2D eigenvalue weighted by molar-refractivity contribution is -0.142. The van der Waals surface area contributed by atoms with Crippen molar-refractivity contribution in [2.45, 2.75) is 18.8 Å². The van der Waals surface area contributed by atoms with Crippen LogP contribution in [0.1, 0.15) is 29.3 Å². The third kappa shape index (κ3) is 3.13. The van der Waals surface area contributed by atoms with Crippen LogP contribution in [0.15, 0.2) is 48.5 Å². The molecule has 24 heavy (non-hydrogen) atoms. The Morgan fingerprint density at radius 2 is 2.04 bits per heavy atom. The minimum atomic E-state index is -0.617. The Bertz CT molecular complexity index is 894. The SMILES string of the molecule is COC(=O)C(CC#N)c1cccc2nc(Cc3ccccc3)[nH]c12. The van der Waals surface area contributed by atoms with E-state index in [9.17, 15) is 4.79 Å². The van der Waals surface area contributed by atoms with Crippen molar-refractivity contribution in [2.75, 3.05) is 7.11 Å². The summed E-state index contributed by atoms with van der Waals surface area (Å²) in [6.07, 6.45) is 0.745. The number of hydrogen-bond donors (Lipinski definition) is 1. The molecule has 1 aromatic heterocycles. The first-order valence-corrected chi connectivity index (χ1v) is 7.69. The van der Waals surface area contributed by atoms with Crippen molar-refractivity contribution in [1.82, 2.24) is 9.97 Å². The Morgan fingerprint density at radius 1 is 1.25 bits per heavy atom. The summed E-state index contributed by atoms with van der Waals surface area (Å²) in [6, 6.07) is 17.7. The number of aromatic amines is 1.